The van der Waals surface area contributed by atoms with Crippen LogP contribution in [0, 0.1) is 6.92 Å². The number of nitrogens with one attached hydrogen (secondary N) is 1. The molecule has 1 aromatic carbocycles. The fourth-order valence-corrected chi connectivity index (χ4v) is 2.48. The maximum absolute atomic E-state index is 12.4. The van der Waals surface area contributed by atoms with E-state index in [-0.39, 0.29) is 5.91 Å². The van der Waals surface area contributed by atoms with Crippen LogP contribution in [0.4, 0.5) is 0 Å². The summed E-state index contributed by atoms with van der Waals surface area (Å²) in [6.45, 7) is 5.38. The highest BCUT2D eigenvalue weighted by Gasteiger charge is 2.36. The maximum atomic E-state index is 12.4. The molecule has 20 heavy (non-hydrogen) atoms. The molecule has 1 amide bonds. The minimum Gasteiger partial charge on any atom is -0.480 e. The number of hydrogen-bond donors (Lipinski definition) is 2. The van der Waals surface area contributed by atoms with Crippen molar-refractivity contribution in [2.24, 2.45) is 0 Å². The van der Waals surface area contributed by atoms with Crippen LogP contribution < -0.4 is 5.32 Å². The molecular formula is C15H21NO3S. The third-order valence-electron chi connectivity index (χ3n) is 3.66. The number of carbonyl (C=O) groups excluding carboxylic acids is 1. The van der Waals surface area contributed by atoms with E-state index in [0.29, 0.717) is 18.4 Å². The van der Waals surface area contributed by atoms with Crippen LogP contribution in [0.3, 0.4) is 0 Å². The second kappa shape index (κ2) is 6.79. The summed E-state index contributed by atoms with van der Waals surface area (Å²) in [4.78, 5) is 24.8. The molecule has 4 nitrogen and oxygen atoms in total. The summed E-state index contributed by atoms with van der Waals surface area (Å²) in [6.07, 6.45) is 2.64. The van der Waals surface area contributed by atoms with Crippen molar-refractivity contribution in [1.29, 1.82) is 0 Å². The fourth-order valence-electron chi connectivity index (χ4n) is 2.04. The summed E-state index contributed by atoms with van der Waals surface area (Å²) in [5.41, 5.74) is 0.176. The molecule has 0 saturated heterocycles. The lowest BCUT2D eigenvalue weighted by Crippen LogP contribution is -2.53. The normalized spacial score (nSPS) is 11.2. The van der Waals surface area contributed by atoms with Gasteiger partial charge in [-0.05, 0) is 43.7 Å². The number of thioether (sulfide) groups is 1. The molecule has 0 radical (unpaired) electrons. The lowest BCUT2D eigenvalue weighted by atomic mass is 9.92. The molecule has 0 spiro atoms. The highest BCUT2D eigenvalue weighted by Crippen LogP contribution is 2.21. The van der Waals surface area contributed by atoms with Gasteiger partial charge in [-0.1, -0.05) is 19.9 Å². The Morgan fingerprint density at radius 1 is 1.30 bits per heavy atom. The standard InChI is InChI=1S/C15H21NO3S/c1-5-15(6-2,14(18)19)16-13(17)12-9-11(20-4)8-7-10(12)3/h7-9H,5-6H2,1-4H3,(H,16,17)(H,18,19). The van der Waals surface area contributed by atoms with E-state index in [9.17, 15) is 14.7 Å². The average Bonchev–Trinajstić information content (AvgIpc) is 2.44. The van der Waals surface area contributed by atoms with E-state index in [0.717, 1.165) is 10.5 Å². The number of rotatable bonds is 6. The predicted molar refractivity (Wildman–Crippen MR) is 81.4 cm³/mol. The first-order valence-electron chi connectivity index (χ1n) is 6.60. The van der Waals surface area contributed by atoms with E-state index < -0.39 is 11.5 Å². The number of aliphatic carboxylic acids is 1. The molecule has 0 aliphatic rings. The Morgan fingerprint density at radius 2 is 1.90 bits per heavy atom. The molecule has 0 aliphatic heterocycles. The Kier molecular flexibility index (Phi) is 5.62. The second-order valence-electron chi connectivity index (χ2n) is 4.73. The van der Waals surface area contributed by atoms with Gasteiger partial charge >= 0.3 is 5.97 Å². The van der Waals surface area contributed by atoms with E-state index in [4.69, 9.17) is 0 Å². The molecule has 0 heterocycles. The third kappa shape index (κ3) is 3.33. The molecule has 0 unspecified atom stereocenters. The van der Waals surface area contributed by atoms with E-state index in [1.165, 1.54) is 0 Å². The molecule has 2 N–H and O–H groups in total. The van der Waals surface area contributed by atoms with Crippen LogP contribution in [-0.2, 0) is 4.79 Å². The molecule has 1 aromatic rings. The SMILES string of the molecule is CCC(CC)(NC(=O)c1cc(SC)ccc1C)C(=O)O. The minimum absolute atomic E-state index is 0.329. The number of aryl methyl sites for hydroxylation is 1. The molecule has 5 heteroatoms. The number of carbonyl (C=O) groups is 2. The van der Waals surface area contributed by atoms with Gasteiger partial charge in [0, 0.05) is 10.5 Å². The van der Waals surface area contributed by atoms with Crippen LogP contribution in [0.25, 0.3) is 0 Å². The molecule has 0 bridgehead atoms. The Balaban J connectivity index is 3.09. The summed E-state index contributed by atoms with van der Waals surface area (Å²) in [5, 5.41) is 12.1. The van der Waals surface area contributed by atoms with Gasteiger partial charge in [0.05, 0.1) is 0 Å². The van der Waals surface area contributed by atoms with Gasteiger partial charge in [-0.15, -0.1) is 11.8 Å². The number of carboxylic acids is 1. The van der Waals surface area contributed by atoms with E-state index >= 15 is 0 Å². The van der Waals surface area contributed by atoms with Gasteiger partial charge in [-0.3, -0.25) is 4.79 Å². The second-order valence-corrected chi connectivity index (χ2v) is 5.61. The van der Waals surface area contributed by atoms with Gasteiger partial charge in [0.2, 0.25) is 0 Å². The summed E-state index contributed by atoms with van der Waals surface area (Å²) >= 11 is 1.55. The van der Waals surface area contributed by atoms with E-state index in [2.05, 4.69) is 5.32 Å². The summed E-state index contributed by atoms with van der Waals surface area (Å²) in [5.74, 6) is -1.32. The van der Waals surface area contributed by atoms with Crippen molar-refractivity contribution in [3.8, 4) is 0 Å². The monoisotopic (exact) mass is 295 g/mol. The van der Waals surface area contributed by atoms with Crippen molar-refractivity contribution in [2.75, 3.05) is 6.26 Å². The molecular weight excluding hydrogens is 274 g/mol. The lowest BCUT2D eigenvalue weighted by molar-refractivity contribution is -0.144. The van der Waals surface area contributed by atoms with Crippen molar-refractivity contribution in [3.05, 3.63) is 29.3 Å². The first-order chi connectivity index (χ1) is 9.40. The Morgan fingerprint density at radius 3 is 2.35 bits per heavy atom. The number of carboxylic acid groups (broad SMARTS) is 1. The summed E-state index contributed by atoms with van der Waals surface area (Å²) in [7, 11) is 0. The molecule has 110 valence electrons. The molecule has 0 fully saturated rings. The smallest absolute Gasteiger partial charge is 0.329 e. The highest BCUT2D eigenvalue weighted by molar-refractivity contribution is 7.98. The van der Waals surface area contributed by atoms with Crippen LogP contribution in [0.1, 0.15) is 42.6 Å². The van der Waals surface area contributed by atoms with Gasteiger partial charge in [0.25, 0.3) is 5.91 Å². The average molecular weight is 295 g/mol. The van der Waals surface area contributed by atoms with Gasteiger partial charge in [-0.2, -0.15) is 0 Å². The zero-order valence-corrected chi connectivity index (χ0v) is 13.1. The van der Waals surface area contributed by atoms with Crippen LogP contribution in [-0.4, -0.2) is 28.8 Å². The maximum Gasteiger partial charge on any atom is 0.329 e. The molecule has 0 atom stereocenters. The van der Waals surface area contributed by atoms with Gasteiger partial charge < -0.3 is 10.4 Å². The van der Waals surface area contributed by atoms with Crippen LogP contribution in [0.15, 0.2) is 23.1 Å². The minimum atomic E-state index is -1.20. The molecule has 0 saturated carbocycles. The van der Waals surface area contributed by atoms with Gasteiger partial charge in [0.1, 0.15) is 5.54 Å². The Bertz CT molecular complexity index is 510. The molecule has 0 aromatic heterocycles. The van der Waals surface area contributed by atoms with E-state index in [1.807, 2.05) is 25.3 Å². The van der Waals surface area contributed by atoms with Crippen molar-refractivity contribution >= 4 is 23.6 Å². The Hall–Kier alpha value is -1.49. The Labute approximate surface area is 124 Å². The topological polar surface area (TPSA) is 66.4 Å². The van der Waals surface area contributed by atoms with Crippen molar-refractivity contribution < 1.29 is 14.7 Å². The largest absolute Gasteiger partial charge is 0.480 e. The van der Waals surface area contributed by atoms with Crippen LogP contribution >= 0.6 is 11.8 Å². The number of benzene rings is 1. The van der Waals surface area contributed by atoms with E-state index in [1.54, 1.807) is 31.7 Å². The summed E-state index contributed by atoms with van der Waals surface area (Å²) in [6, 6.07) is 5.62. The number of amides is 1. The lowest BCUT2D eigenvalue weighted by Gasteiger charge is -2.28. The molecule has 1 rings (SSSR count). The quantitative estimate of drug-likeness (QED) is 0.791. The van der Waals surface area contributed by atoms with Crippen LogP contribution in [0.5, 0.6) is 0 Å². The first kappa shape index (κ1) is 16.6. The fraction of sp³-hybridized carbons (Fsp3) is 0.467. The van der Waals surface area contributed by atoms with Crippen molar-refractivity contribution in [1.82, 2.24) is 5.32 Å². The van der Waals surface area contributed by atoms with Crippen molar-refractivity contribution in [3.63, 3.8) is 0 Å². The molecule has 0 aliphatic carbocycles. The third-order valence-corrected chi connectivity index (χ3v) is 4.38. The van der Waals surface area contributed by atoms with Crippen LogP contribution in [0.2, 0.25) is 0 Å². The van der Waals surface area contributed by atoms with Crippen molar-refractivity contribution in [2.45, 2.75) is 44.0 Å². The number of hydrogen-bond acceptors (Lipinski definition) is 3. The zero-order chi connectivity index (χ0) is 15.3. The summed E-state index contributed by atoms with van der Waals surface area (Å²) < 4.78 is 0. The van der Waals surface area contributed by atoms with Gasteiger partial charge in [-0.25, -0.2) is 4.79 Å². The first-order valence-corrected chi connectivity index (χ1v) is 7.83. The predicted octanol–water partition coefficient (Wildman–Crippen LogP) is 3.09. The zero-order valence-electron chi connectivity index (χ0n) is 12.3. The highest BCUT2D eigenvalue weighted by atomic mass is 32.2. The van der Waals surface area contributed by atoms with Gasteiger partial charge in [0.15, 0.2) is 0 Å².